The number of nitrogens with one attached hydrogen (secondary N) is 1. The number of halogens is 3. The van der Waals surface area contributed by atoms with Gasteiger partial charge in [-0.15, -0.1) is 0 Å². The van der Waals surface area contributed by atoms with E-state index in [1.807, 2.05) is 0 Å². The van der Waals surface area contributed by atoms with Gasteiger partial charge in [-0.25, -0.2) is 4.98 Å². The van der Waals surface area contributed by atoms with Gasteiger partial charge in [-0.3, -0.25) is 0 Å². The largest absolute Gasteiger partial charge is 0.439 e. The predicted octanol–water partition coefficient (Wildman–Crippen LogP) is 4.23. The predicted molar refractivity (Wildman–Crippen MR) is 72.8 cm³/mol. The Hall–Kier alpha value is -1.56. The van der Waals surface area contributed by atoms with Crippen LogP contribution in [0.1, 0.15) is 44.1 Å². The van der Waals surface area contributed by atoms with Crippen molar-refractivity contribution in [3.05, 3.63) is 29.7 Å². The van der Waals surface area contributed by atoms with E-state index in [1.54, 1.807) is 0 Å². The van der Waals surface area contributed by atoms with E-state index in [0.29, 0.717) is 11.5 Å². The quantitative estimate of drug-likeness (QED) is 0.921. The average Bonchev–Trinajstić information content (AvgIpc) is 3.03. The Labute approximate surface area is 120 Å². The first-order valence-corrected chi connectivity index (χ1v) is 7.18. The van der Waals surface area contributed by atoms with Crippen LogP contribution in [0.2, 0.25) is 0 Å². The molecule has 0 bridgehead atoms. The number of nitrogens with zero attached hydrogens (tertiary/aromatic N) is 1. The SMILES string of the molecule is CCCC1(c2nc3cc(C(F)(F)F)ccc3o2)CCCN1. The molecule has 1 saturated heterocycles. The standard InChI is InChI=1S/C15H17F3N2O/c1-2-6-14(7-3-8-19-14)13-20-11-9-10(15(16,17)18)4-5-12(11)21-13/h4-5,9,19H,2-3,6-8H2,1H3. The Morgan fingerprint density at radius 3 is 2.81 bits per heavy atom. The van der Waals surface area contributed by atoms with Crippen LogP contribution < -0.4 is 5.32 Å². The monoisotopic (exact) mass is 298 g/mol. The van der Waals surface area contributed by atoms with Gasteiger partial charge in [0.05, 0.1) is 11.1 Å². The number of hydrogen-bond acceptors (Lipinski definition) is 3. The second kappa shape index (κ2) is 5.02. The summed E-state index contributed by atoms with van der Waals surface area (Å²) in [4.78, 5) is 4.33. The fourth-order valence-corrected chi connectivity index (χ4v) is 3.04. The number of rotatable bonds is 3. The molecule has 3 rings (SSSR count). The molecule has 0 amide bonds. The number of aromatic nitrogens is 1. The first kappa shape index (κ1) is 14.4. The molecule has 0 radical (unpaired) electrons. The zero-order valence-electron chi connectivity index (χ0n) is 11.8. The van der Waals surface area contributed by atoms with Crippen molar-refractivity contribution in [3.8, 4) is 0 Å². The Kier molecular flexibility index (Phi) is 3.43. The van der Waals surface area contributed by atoms with Gasteiger partial charge in [-0.2, -0.15) is 13.2 Å². The van der Waals surface area contributed by atoms with Crippen LogP contribution in [-0.2, 0) is 11.7 Å². The van der Waals surface area contributed by atoms with E-state index >= 15 is 0 Å². The molecule has 1 N–H and O–H groups in total. The minimum atomic E-state index is -4.36. The van der Waals surface area contributed by atoms with Crippen LogP contribution in [0.4, 0.5) is 13.2 Å². The minimum Gasteiger partial charge on any atom is -0.439 e. The lowest BCUT2D eigenvalue weighted by Gasteiger charge is -2.25. The van der Waals surface area contributed by atoms with Crippen LogP contribution in [0.15, 0.2) is 22.6 Å². The van der Waals surface area contributed by atoms with Crippen LogP contribution >= 0.6 is 0 Å². The molecule has 0 aliphatic carbocycles. The van der Waals surface area contributed by atoms with E-state index in [9.17, 15) is 13.2 Å². The number of alkyl halides is 3. The van der Waals surface area contributed by atoms with Gasteiger partial charge in [0.1, 0.15) is 5.52 Å². The van der Waals surface area contributed by atoms with Crippen molar-refractivity contribution in [2.75, 3.05) is 6.54 Å². The van der Waals surface area contributed by atoms with Gasteiger partial charge < -0.3 is 9.73 Å². The number of benzene rings is 1. The summed E-state index contributed by atoms with van der Waals surface area (Å²) >= 11 is 0. The van der Waals surface area contributed by atoms with Gasteiger partial charge in [-0.1, -0.05) is 13.3 Å². The Bertz CT molecular complexity index is 642. The molecule has 1 aliphatic heterocycles. The van der Waals surface area contributed by atoms with Crippen LogP contribution in [0.25, 0.3) is 11.1 Å². The van der Waals surface area contributed by atoms with E-state index < -0.39 is 11.7 Å². The first-order valence-electron chi connectivity index (χ1n) is 7.18. The summed E-state index contributed by atoms with van der Waals surface area (Å²) in [6.45, 7) is 2.96. The van der Waals surface area contributed by atoms with Crippen LogP contribution in [-0.4, -0.2) is 11.5 Å². The van der Waals surface area contributed by atoms with Gasteiger partial charge in [0.25, 0.3) is 0 Å². The molecule has 6 heteroatoms. The van der Waals surface area contributed by atoms with Gasteiger partial charge in [0, 0.05) is 0 Å². The molecular formula is C15H17F3N2O. The lowest BCUT2D eigenvalue weighted by atomic mass is 9.92. The molecule has 0 spiro atoms. The highest BCUT2D eigenvalue weighted by Gasteiger charge is 2.39. The second-order valence-electron chi connectivity index (χ2n) is 5.56. The smallest absolute Gasteiger partial charge is 0.416 e. The molecule has 21 heavy (non-hydrogen) atoms. The van der Waals surface area contributed by atoms with E-state index in [0.717, 1.165) is 44.4 Å². The van der Waals surface area contributed by atoms with Crippen LogP contribution in [0, 0.1) is 0 Å². The maximum atomic E-state index is 12.7. The van der Waals surface area contributed by atoms with Gasteiger partial charge in [0.2, 0.25) is 5.89 Å². The van der Waals surface area contributed by atoms with Gasteiger partial charge in [-0.05, 0) is 44.0 Å². The third-order valence-corrected chi connectivity index (χ3v) is 4.04. The molecule has 2 heterocycles. The average molecular weight is 298 g/mol. The van der Waals surface area contributed by atoms with Crippen molar-refractivity contribution in [1.29, 1.82) is 0 Å². The summed E-state index contributed by atoms with van der Waals surface area (Å²) < 4.78 is 44.0. The van der Waals surface area contributed by atoms with Crippen molar-refractivity contribution in [1.82, 2.24) is 10.3 Å². The minimum absolute atomic E-state index is 0.268. The van der Waals surface area contributed by atoms with E-state index in [1.165, 1.54) is 6.07 Å². The third kappa shape index (κ3) is 2.52. The Morgan fingerprint density at radius 1 is 1.38 bits per heavy atom. The summed E-state index contributed by atoms with van der Waals surface area (Å²) in [5.74, 6) is 0.510. The van der Waals surface area contributed by atoms with Crippen LogP contribution in [0.5, 0.6) is 0 Å². The molecule has 1 fully saturated rings. The number of hydrogen-bond donors (Lipinski definition) is 1. The van der Waals surface area contributed by atoms with Crippen molar-refractivity contribution >= 4 is 11.1 Å². The lowest BCUT2D eigenvalue weighted by molar-refractivity contribution is -0.137. The van der Waals surface area contributed by atoms with E-state index in [-0.39, 0.29) is 11.1 Å². The van der Waals surface area contributed by atoms with Crippen molar-refractivity contribution in [3.63, 3.8) is 0 Å². The zero-order chi connectivity index (χ0) is 15.1. The summed E-state index contributed by atoms with van der Waals surface area (Å²) in [7, 11) is 0. The number of fused-ring (bicyclic) bond motifs is 1. The summed E-state index contributed by atoms with van der Waals surface area (Å²) in [6, 6.07) is 3.44. The zero-order valence-corrected chi connectivity index (χ0v) is 11.8. The Balaban J connectivity index is 2.04. The molecule has 2 aromatic rings. The topological polar surface area (TPSA) is 38.1 Å². The molecule has 1 unspecified atom stereocenters. The fourth-order valence-electron chi connectivity index (χ4n) is 3.04. The first-order chi connectivity index (χ1) is 9.94. The van der Waals surface area contributed by atoms with E-state index in [4.69, 9.17) is 4.42 Å². The van der Waals surface area contributed by atoms with E-state index in [2.05, 4.69) is 17.2 Å². The molecule has 1 aromatic carbocycles. The molecule has 0 saturated carbocycles. The third-order valence-electron chi connectivity index (χ3n) is 4.04. The summed E-state index contributed by atoms with van der Waals surface area (Å²) in [6.07, 6.45) is -0.613. The molecular weight excluding hydrogens is 281 g/mol. The van der Waals surface area contributed by atoms with Crippen molar-refractivity contribution in [2.24, 2.45) is 0 Å². The highest BCUT2D eigenvalue weighted by molar-refractivity contribution is 5.73. The normalized spacial score (nSPS) is 23.0. The second-order valence-corrected chi connectivity index (χ2v) is 5.56. The van der Waals surface area contributed by atoms with Crippen molar-refractivity contribution in [2.45, 2.75) is 44.3 Å². The molecule has 114 valence electrons. The maximum Gasteiger partial charge on any atom is 0.416 e. The molecule has 1 atom stereocenters. The summed E-state index contributed by atoms with van der Waals surface area (Å²) in [5, 5.41) is 3.41. The van der Waals surface area contributed by atoms with Gasteiger partial charge >= 0.3 is 6.18 Å². The highest BCUT2D eigenvalue weighted by atomic mass is 19.4. The molecule has 3 nitrogen and oxygen atoms in total. The lowest BCUT2D eigenvalue weighted by Crippen LogP contribution is -2.36. The summed E-state index contributed by atoms with van der Waals surface area (Å²) in [5.41, 5.74) is -0.350. The maximum absolute atomic E-state index is 12.7. The van der Waals surface area contributed by atoms with Crippen LogP contribution in [0.3, 0.4) is 0 Å². The Morgan fingerprint density at radius 2 is 2.19 bits per heavy atom. The highest BCUT2D eigenvalue weighted by Crippen LogP contribution is 2.37. The van der Waals surface area contributed by atoms with Gasteiger partial charge in [0.15, 0.2) is 5.58 Å². The van der Waals surface area contributed by atoms with Crippen molar-refractivity contribution < 1.29 is 17.6 Å². The molecule has 1 aromatic heterocycles. The molecule has 1 aliphatic rings. The fraction of sp³-hybridized carbons (Fsp3) is 0.533. The number of oxazole rings is 1.